The van der Waals surface area contributed by atoms with Crippen LogP contribution in [0.3, 0.4) is 0 Å². The molecule has 0 amide bonds. The van der Waals surface area contributed by atoms with Gasteiger partial charge >= 0.3 is 0 Å². The standard InChI is InChI=1S/C14H12O/c1-10-8-9-15-13-7-6-11-4-2-3-5-12(11)14(10)13/h2-7H,1,8-9H2. The monoisotopic (exact) mass is 196 g/mol. The van der Waals surface area contributed by atoms with Gasteiger partial charge in [-0.2, -0.15) is 0 Å². The van der Waals surface area contributed by atoms with E-state index in [1.807, 2.05) is 6.07 Å². The highest BCUT2D eigenvalue weighted by atomic mass is 16.5. The maximum Gasteiger partial charge on any atom is 0.127 e. The lowest BCUT2D eigenvalue weighted by atomic mass is 9.95. The van der Waals surface area contributed by atoms with E-state index in [0.717, 1.165) is 18.8 Å². The summed E-state index contributed by atoms with van der Waals surface area (Å²) in [6, 6.07) is 12.5. The van der Waals surface area contributed by atoms with Crippen molar-refractivity contribution in [2.75, 3.05) is 6.61 Å². The van der Waals surface area contributed by atoms with Crippen LogP contribution in [0.2, 0.25) is 0 Å². The predicted octanol–water partition coefficient (Wildman–Crippen LogP) is 3.64. The predicted molar refractivity (Wildman–Crippen MR) is 63.1 cm³/mol. The minimum atomic E-state index is 0.754. The average Bonchev–Trinajstić information content (AvgIpc) is 2.29. The third-order valence-corrected chi connectivity index (χ3v) is 2.91. The topological polar surface area (TPSA) is 9.23 Å². The molecule has 1 heterocycles. The third kappa shape index (κ3) is 1.23. The van der Waals surface area contributed by atoms with Crippen LogP contribution in [-0.4, -0.2) is 6.61 Å². The normalized spacial score (nSPS) is 14.8. The smallest absolute Gasteiger partial charge is 0.127 e. The fourth-order valence-electron chi connectivity index (χ4n) is 2.15. The van der Waals surface area contributed by atoms with Crippen LogP contribution in [0, 0.1) is 0 Å². The summed E-state index contributed by atoms with van der Waals surface area (Å²) in [5, 5.41) is 2.50. The van der Waals surface area contributed by atoms with E-state index < -0.39 is 0 Å². The summed E-state index contributed by atoms with van der Waals surface area (Å²) in [4.78, 5) is 0. The minimum Gasteiger partial charge on any atom is -0.493 e. The van der Waals surface area contributed by atoms with E-state index in [0.29, 0.717) is 0 Å². The minimum absolute atomic E-state index is 0.754. The molecule has 2 aromatic rings. The second-order valence-corrected chi connectivity index (χ2v) is 3.86. The van der Waals surface area contributed by atoms with Gasteiger partial charge in [0.1, 0.15) is 5.75 Å². The molecule has 2 aromatic carbocycles. The Balaban J connectivity index is 2.40. The Hall–Kier alpha value is -1.76. The van der Waals surface area contributed by atoms with E-state index in [2.05, 4.69) is 36.9 Å². The van der Waals surface area contributed by atoms with Gasteiger partial charge < -0.3 is 4.74 Å². The van der Waals surface area contributed by atoms with Crippen molar-refractivity contribution in [3.05, 3.63) is 48.5 Å². The first-order valence-corrected chi connectivity index (χ1v) is 5.19. The summed E-state index contributed by atoms with van der Waals surface area (Å²) in [7, 11) is 0. The van der Waals surface area contributed by atoms with Crippen molar-refractivity contribution in [1.82, 2.24) is 0 Å². The van der Waals surface area contributed by atoms with Crippen LogP contribution in [0.15, 0.2) is 43.0 Å². The van der Waals surface area contributed by atoms with E-state index in [4.69, 9.17) is 4.74 Å². The number of rotatable bonds is 0. The molecule has 74 valence electrons. The van der Waals surface area contributed by atoms with Crippen LogP contribution in [0.1, 0.15) is 12.0 Å². The lowest BCUT2D eigenvalue weighted by molar-refractivity contribution is 0.317. The first-order valence-electron chi connectivity index (χ1n) is 5.19. The van der Waals surface area contributed by atoms with Crippen molar-refractivity contribution in [3.8, 4) is 5.75 Å². The molecule has 1 heteroatoms. The zero-order valence-electron chi connectivity index (χ0n) is 8.49. The van der Waals surface area contributed by atoms with E-state index in [-0.39, 0.29) is 0 Å². The zero-order chi connectivity index (χ0) is 10.3. The molecule has 0 aliphatic carbocycles. The molecule has 0 fully saturated rings. The average molecular weight is 196 g/mol. The van der Waals surface area contributed by atoms with Crippen molar-refractivity contribution < 1.29 is 4.74 Å². The van der Waals surface area contributed by atoms with Crippen molar-refractivity contribution in [3.63, 3.8) is 0 Å². The number of benzene rings is 2. The van der Waals surface area contributed by atoms with Crippen LogP contribution >= 0.6 is 0 Å². The molecule has 0 spiro atoms. The molecule has 1 aliphatic heterocycles. The Morgan fingerprint density at radius 1 is 1.07 bits per heavy atom. The van der Waals surface area contributed by atoms with Crippen molar-refractivity contribution in [1.29, 1.82) is 0 Å². The first kappa shape index (κ1) is 8.54. The number of ether oxygens (including phenoxy) is 1. The zero-order valence-corrected chi connectivity index (χ0v) is 8.49. The largest absolute Gasteiger partial charge is 0.493 e. The van der Waals surface area contributed by atoms with Gasteiger partial charge in [0, 0.05) is 12.0 Å². The van der Waals surface area contributed by atoms with Gasteiger partial charge in [-0.1, -0.05) is 36.9 Å². The lowest BCUT2D eigenvalue weighted by Gasteiger charge is -2.20. The SMILES string of the molecule is C=C1CCOc2ccc3ccccc3c21. The summed E-state index contributed by atoms with van der Waals surface area (Å²) in [5.74, 6) is 0.977. The van der Waals surface area contributed by atoms with E-state index in [9.17, 15) is 0 Å². The summed E-state index contributed by atoms with van der Waals surface area (Å²) >= 11 is 0. The second-order valence-electron chi connectivity index (χ2n) is 3.86. The molecule has 0 aromatic heterocycles. The van der Waals surface area contributed by atoms with Crippen molar-refractivity contribution in [2.45, 2.75) is 6.42 Å². The summed E-state index contributed by atoms with van der Waals surface area (Å²) in [5.41, 5.74) is 2.38. The molecule has 0 saturated carbocycles. The van der Waals surface area contributed by atoms with Gasteiger partial charge in [0.2, 0.25) is 0 Å². The van der Waals surface area contributed by atoms with Crippen molar-refractivity contribution >= 4 is 16.3 Å². The Kier molecular flexibility index (Phi) is 1.78. The quantitative estimate of drug-likeness (QED) is 0.625. The molecule has 1 aliphatic rings. The van der Waals surface area contributed by atoms with Crippen LogP contribution in [0.4, 0.5) is 0 Å². The fraction of sp³-hybridized carbons (Fsp3) is 0.143. The molecular weight excluding hydrogens is 184 g/mol. The van der Waals surface area contributed by atoms with Gasteiger partial charge in [-0.3, -0.25) is 0 Å². The highest BCUT2D eigenvalue weighted by Gasteiger charge is 2.15. The lowest BCUT2D eigenvalue weighted by Crippen LogP contribution is -2.07. The van der Waals surface area contributed by atoms with Gasteiger partial charge in [0.25, 0.3) is 0 Å². The van der Waals surface area contributed by atoms with E-state index >= 15 is 0 Å². The Morgan fingerprint density at radius 2 is 1.93 bits per heavy atom. The molecule has 0 bridgehead atoms. The number of hydrogen-bond acceptors (Lipinski definition) is 1. The maximum absolute atomic E-state index is 5.64. The first-order chi connectivity index (χ1) is 7.36. The van der Waals surface area contributed by atoms with Crippen LogP contribution < -0.4 is 4.74 Å². The van der Waals surface area contributed by atoms with Gasteiger partial charge in [0.05, 0.1) is 6.61 Å². The molecule has 0 radical (unpaired) electrons. The van der Waals surface area contributed by atoms with E-state index in [1.54, 1.807) is 0 Å². The van der Waals surface area contributed by atoms with Gasteiger partial charge in [-0.25, -0.2) is 0 Å². The van der Waals surface area contributed by atoms with Gasteiger partial charge in [-0.05, 0) is 22.4 Å². The molecule has 0 N–H and O–H groups in total. The fourth-order valence-corrected chi connectivity index (χ4v) is 2.15. The molecular formula is C14H12O. The highest BCUT2D eigenvalue weighted by molar-refractivity contribution is 5.96. The Labute approximate surface area is 89.0 Å². The number of fused-ring (bicyclic) bond motifs is 3. The number of hydrogen-bond donors (Lipinski definition) is 0. The Bertz CT molecular complexity index is 540. The molecule has 15 heavy (non-hydrogen) atoms. The highest BCUT2D eigenvalue weighted by Crippen LogP contribution is 2.37. The molecule has 0 unspecified atom stereocenters. The van der Waals surface area contributed by atoms with E-state index in [1.165, 1.54) is 21.9 Å². The molecule has 0 saturated heterocycles. The van der Waals surface area contributed by atoms with Gasteiger partial charge in [-0.15, -0.1) is 0 Å². The maximum atomic E-state index is 5.64. The van der Waals surface area contributed by atoms with Crippen LogP contribution in [0.25, 0.3) is 16.3 Å². The van der Waals surface area contributed by atoms with Crippen molar-refractivity contribution in [2.24, 2.45) is 0 Å². The summed E-state index contributed by atoms with van der Waals surface area (Å²) in [6.45, 7) is 4.88. The molecule has 1 nitrogen and oxygen atoms in total. The summed E-state index contributed by atoms with van der Waals surface area (Å²) in [6.07, 6.45) is 0.932. The third-order valence-electron chi connectivity index (χ3n) is 2.91. The summed E-state index contributed by atoms with van der Waals surface area (Å²) < 4.78 is 5.64. The molecule has 3 rings (SSSR count). The van der Waals surface area contributed by atoms with Gasteiger partial charge in [0.15, 0.2) is 0 Å². The molecule has 0 atom stereocenters. The van der Waals surface area contributed by atoms with Crippen LogP contribution in [0.5, 0.6) is 5.75 Å². The second kappa shape index (κ2) is 3.13. The van der Waals surface area contributed by atoms with Crippen LogP contribution in [-0.2, 0) is 0 Å². The Morgan fingerprint density at radius 3 is 2.87 bits per heavy atom.